The number of benzene rings is 1. The molecular formula is C13H17ClNO4P. The van der Waals surface area contributed by atoms with Crippen LogP contribution in [0.2, 0.25) is 0 Å². The van der Waals surface area contributed by atoms with E-state index in [-0.39, 0.29) is 18.7 Å². The van der Waals surface area contributed by atoms with E-state index in [9.17, 15) is 9.36 Å². The quantitative estimate of drug-likeness (QED) is 0.778. The molecule has 1 N–H and O–H groups in total. The summed E-state index contributed by atoms with van der Waals surface area (Å²) in [6.07, 6.45) is 0. The molecule has 0 unspecified atom stereocenters. The van der Waals surface area contributed by atoms with Crippen molar-refractivity contribution in [2.75, 3.05) is 13.2 Å². The predicted octanol–water partition coefficient (Wildman–Crippen LogP) is 3.72. The van der Waals surface area contributed by atoms with Gasteiger partial charge in [-0.05, 0) is 26.0 Å². The molecule has 0 aliphatic rings. The lowest BCUT2D eigenvalue weighted by Gasteiger charge is -2.19. The highest BCUT2D eigenvalue weighted by Gasteiger charge is 2.31. The lowest BCUT2D eigenvalue weighted by Crippen LogP contribution is -2.23. The van der Waals surface area contributed by atoms with Crippen molar-refractivity contribution in [3.8, 4) is 0 Å². The molecule has 0 saturated carbocycles. The normalized spacial score (nSPS) is 12.2. The minimum atomic E-state index is -3.61. The molecule has 0 heterocycles. The van der Waals surface area contributed by atoms with Crippen molar-refractivity contribution in [2.24, 2.45) is 0 Å². The summed E-state index contributed by atoms with van der Waals surface area (Å²) in [4.78, 5) is 12.0. The topological polar surface area (TPSA) is 64.6 Å². The van der Waals surface area contributed by atoms with Gasteiger partial charge in [0, 0.05) is 11.1 Å². The maximum atomic E-state index is 12.5. The molecule has 0 aliphatic heterocycles. The molecule has 0 saturated heterocycles. The van der Waals surface area contributed by atoms with Gasteiger partial charge in [-0.1, -0.05) is 29.8 Å². The van der Waals surface area contributed by atoms with E-state index in [0.717, 1.165) is 5.54 Å². The van der Waals surface area contributed by atoms with Crippen LogP contribution < -0.4 is 5.32 Å². The molecule has 0 bridgehead atoms. The van der Waals surface area contributed by atoms with E-state index in [1.54, 1.807) is 44.2 Å². The Bertz CT molecular complexity index is 508. The van der Waals surface area contributed by atoms with Crippen LogP contribution in [0.15, 0.2) is 41.3 Å². The van der Waals surface area contributed by atoms with Crippen molar-refractivity contribution in [3.63, 3.8) is 0 Å². The first-order valence-electron chi connectivity index (χ1n) is 6.13. The van der Waals surface area contributed by atoms with Gasteiger partial charge in [0.25, 0.3) is 5.91 Å². The summed E-state index contributed by atoms with van der Waals surface area (Å²) in [6, 6.07) is 8.51. The van der Waals surface area contributed by atoms with Crippen molar-refractivity contribution >= 4 is 25.1 Å². The molecule has 110 valence electrons. The zero-order valence-corrected chi connectivity index (χ0v) is 13.0. The SMILES string of the molecule is CCOP(=O)(OCC)/C(=C\Cl)NC(=O)c1ccccc1. The second-order valence-electron chi connectivity index (χ2n) is 3.65. The number of amides is 1. The monoisotopic (exact) mass is 317 g/mol. The first-order chi connectivity index (χ1) is 9.57. The van der Waals surface area contributed by atoms with Gasteiger partial charge in [-0.25, -0.2) is 0 Å². The van der Waals surface area contributed by atoms with Crippen molar-refractivity contribution in [1.82, 2.24) is 5.32 Å². The zero-order valence-electron chi connectivity index (χ0n) is 11.3. The van der Waals surface area contributed by atoms with Crippen molar-refractivity contribution in [2.45, 2.75) is 13.8 Å². The Morgan fingerprint density at radius 3 is 2.25 bits per heavy atom. The molecule has 1 aromatic rings. The summed E-state index contributed by atoms with van der Waals surface area (Å²) in [7, 11) is -3.61. The van der Waals surface area contributed by atoms with Gasteiger partial charge in [0.15, 0.2) is 0 Å². The largest absolute Gasteiger partial charge is 0.378 e. The maximum Gasteiger partial charge on any atom is 0.378 e. The zero-order chi connectivity index (χ0) is 15.0. The van der Waals surface area contributed by atoms with Gasteiger partial charge in [0.1, 0.15) is 5.44 Å². The Labute approximate surface area is 123 Å². The fourth-order valence-corrected chi connectivity index (χ4v) is 3.25. The van der Waals surface area contributed by atoms with Crippen LogP contribution in [0.1, 0.15) is 24.2 Å². The number of carbonyl (C=O) groups excluding carboxylic acids is 1. The standard InChI is InChI=1S/C13H17ClNO4P/c1-3-18-20(17,19-4-2)12(10-14)15-13(16)11-8-6-5-7-9-11/h5-10H,3-4H2,1-2H3,(H,15,16)/b12-10-. The molecule has 0 atom stereocenters. The summed E-state index contributed by atoms with van der Waals surface area (Å²) in [5.74, 6) is -0.433. The molecule has 20 heavy (non-hydrogen) atoms. The Morgan fingerprint density at radius 1 is 1.25 bits per heavy atom. The van der Waals surface area contributed by atoms with Crippen molar-refractivity contribution in [3.05, 3.63) is 46.9 Å². The van der Waals surface area contributed by atoms with Gasteiger partial charge in [-0.3, -0.25) is 9.36 Å². The van der Waals surface area contributed by atoms with Crippen LogP contribution in [0, 0.1) is 0 Å². The van der Waals surface area contributed by atoms with E-state index in [0.29, 0.717) is 5.56 Å². The van der Waals surface area contributed by atoms with Gasteiger partial charge < -0.3 is 14.4 Å². The minimum Gasteiger partial charge on any atom is -0.314 e. The molecule has 1 aromatic carbocycles. The molecule has 0 aromatic heterocycles. The number of carbonyl (C=O) groups is 1. The minimum absolute atomic E-state index is 0.0725. The van der Waals surface area contributed by atoms with Crippen LogP contribution in [-0.2, 0) is 13.6 Å². The van der Waals surface area contributed by atoms with Gasteiger partial charge in [-0.2, -0.15) is 0 Å². The van der Waals surface area contributed by atoms with Crippen LogP contribution in [0.25, 0.3) is 0 Å². The summed E-state index contributed by atoms with van der Waals surface area (Å²) in [5, 5.41) is 2.47. The third kappa shape index (κ3) is 4.46. The number of rotatable bonds is 7. The fourth-order valence-electron chi connectivity index (χ4n) is 1.45. The van der Waals surface area contributed by atoms with Gasteiger partial charge in [-0.15, -0.1) is 0 Å². The van der Waals surface area contributed by atoms with E-state index < -0.39 is 13.5 Å². The second kappa shape index (κ2) is 8.22. The van der Waals surface area contributed by atoms with Gasteiger partial charge >= 0.3 is 7.60 Å². The van der Waals surface area contributed by atoms with Crippen LogP contribution in [0.4, 0.5) is 0 Å². The third-order valence-electron chi connectivity index (χ3n) is 2.27. The summed E-state index contributed by atoms with van der Waals surface area (Å²) in [5.41, 5.74) is 1.35. The van der Waals surface area contributed by atoms with E-state index >= 15 is 0 Å². The Kier molecular flexibility index (Phi) is 6.96. The van der Waals surface area contributed by atoms with E-state index in [1.807, 2.05) is 0 Å². The predicted molar refractivity (Wildman–Crippen MR) is 78.7 cm³/mol. The number of nitrogens with one attached hydrogen (secondary N) is 1. The van der Waals surface area contributed by atoms with Crippen LogP contribution >= 0.6 is 19.2 Å². The number of hydrogen-bond acceptors (Lipinski definition) is 4. The number of halogens is 1. The van der Waals surface area contributed by atoms with E-state index in [4.69, 9.17) is 20.6 Å². The van der Waals surface area contributed by atoms with E-state index in [1.165, 1.54) is 0 Å². The number of hydrogen-bond donors (Lipinski definition) is 1. The molecular weight excluding hydrogens is 301 g/mol. The van der Waals surface area contributed by atoms with Gasteiger partial charge in [0.2, 0.25) is 0 Å². The first kappa shape index (κ1) is 16.9. The molecule has 7 heteroatoms. The Hall–Kier alpha value is -1.13. The molecule has 5 nitrogen and oxygen atoms in total. The molecule has 0 radical (unpaired) electrons. The highest BCUT2D eigenvalue weighted by Crippen LogP contribution is 2.54. The van der Waals surface area contributed by atoms with Crippen molar-refractivity contribution < 1.29 is 18.4 Å². The second-order valence-corrected chi connectivity index (χ2v) is 5.86. The molecule has 1 amide bonds. The summed E-state index contributed by atoms with van der Waals surface area (Å²) >= 11 is 5.65. The maximum absolute atomic E-state index is 12.5. The van der Waals surface area contributed by atoms with Crippen molar-refractivity contribution in [1.29, 1.82) is 0 Å². The smallest absolute Gasteiger partial charge is 0.314 e. The first-order valence-corrected chi connectivity index (χ1v) is 8.11. The summed E-state index contributed by atoms with van der Waals surface area (Å²) < 4.78 is 22.8. The van der Waals surface area contributed by atoms with Gasteiger partial charge in [0.05, 0.1) is 13.2 Å². The average Bonchev–Trinajstić information content (AvgIpc) is 2.45. The van der Waals surface area contributed by atoms with Crippen LogP contribution in [0.3, 0.4) is 0 Å². The highest BCUT2D eigenvalue weighted by atomic mass is 35.5. The lowest BCUT2D eigenvalue weighted by molar-refractivity contribution is 0.0964. The van der Waals surface area contributed by atoms with Crippen LogP contribution in [0.5, 0.6) is 0 Å². The van der Waals surface area contributed by atoms with E-state index in [2.05, 4.69) is 5.32 Å². The molecule has 0 spiro atoms. The molecule has 0 aliphatic carbocycles. The third-order valence-corrected chi connectivity index (χ3v) is 4.67. The Morgan fingerprint density at radius 2 is 1.80 bits per heavy atom. The lowest BCUT2D eigenvalue weighted by atomic mass is 10.2. The summed E-state index contributed by atoms with van der Waals surface area (Å²) in [6.45, 7) is 3.70. The highest BCUT2D eigenvalue weighted by molar-refractivity contribution is 7.58. The molecule has 1 rings (SSSR count). The van der Waals surface area contributed by atoms with Crippen LogP contribution in [-0.4, -0.2) is 19.1 Å². The fraction of sp³-hybridized carbons (Fsp3) is 0.308. The molecule has 0 fully saturated rings. The Balaban J connectivity index is 2.91. The average molecular weight is 318 g/mol.